The number of nitrogens with zero attached hydrogens (tertiary/aromatic N) is 2. The molecule has 166 valence electrons. The van der Waals surface area contributed by atoms with Crippen molar-refractivity contribution in [1.29, 1.82) is 0 Å². The van der Waals surface area contributed by atoms with Crippen LogP contribution in [-0.2, 0) is 31.6 Å². The van der Waals surface area contributed by atoms with E-state index >= 15 is 0 Å². The lowest BCUT2D eigenvalue weighted by molar-refractivity contribution is 0.281. The average Bonchev–Trinajstić information content (AvgIpc) is 2.60. The fourth-order valence-corrected chi connectivity index (χ4v) is 4.44. The van der Waals surface area contributed by atoms with Crippen molar-refractivity contribution in [1.82, 2.24) is 9.97 Å². The van der Waals surface area contributed by atoms with Crippen molar-refractivity contribution in [3.05, 3.63) is 40.5 Å². The molecule has 2 aromatic rings. The highest BCUT2D eigenvalue weighted by atomic mass is 35.5. The van der Waals surface area contributed by atoms with E-state index in [-0.39, 0.29) is 29.0 Å². The van der Waals surface area contributed by atoms with Crippen LogP contribution in [0.4, 0.5) is 11.5 Å². The maximum Gasteiger partial charge on any atom is 0.270 e. The fraction of sp³-hybridized carbons (Fsp3) is 0.375. The molecule has 0 bridgehead atoms. The minimum atomic E-state index is -4.52. The molecule has 0 aliphatic carbocycles. The zero-order chi connectivity index (χ0) is 22.5. The summed E-state index contributed by atoms with van der Waals surface area (Å²) in [6, 6.07) is 6.56. The molecule has 30 heavy (non-hydrogen) atoms. The summed E-state index contributed by atoms with van der Waals surface area (Å²) < 4.78 is 58.0. The summed E-state index contributed by atoms with van der Waals surface area (Å²) >= 11 is 7.13. The molecule has 14 heteroatoms. The molecule has 0 amide bonds. The van der Waals surface area contributed by atoms with Crippen molar-refractivity contribution in [2.45, 2.75) is 29.6 Å². The van der Waals surface area contributed by atoms with Gasteiger partial charge >= 0.3 is 0 Å². The molecule has 0 radical (unpaired) electrons. The number of anilines is 2. The molecule has 4 N–H and O–H groups in total. The van der Waals surface area contributed by atoms with Crippen LogP contribution in [-0.4, -0.2) is 55.4 Å². The summed E-state index contributed by atoms with van der Waals surface area (Å²) in [6.07, 6.45) is 0.880. The normalized spacial score (nSPS) is 13.1. The van der Waals surface area contributed by atoms with Crippen LogP contribution >= 0.6 is 23.4 Å². The Balaban J connectivity index is 2.50. The molecule has 0 fully saturated rings. The van der Waals surface area contributed by atoms with E-state index in [0.717, 1.165) is 23.6 Å². The first-order chi connectivity index (χ1) is 13.9. The lowest BCUT2D eigenvalue weighted by Gasteiger charge is -2.19. The Hall–Kier alpha value is -1.64. The molecule has 0 aliphatic rings. The molecule has 1 aromatic carbocycles. The predicted molar refractivity (Wildman–Crippen MR) is 117 cm³/mol. The SMILES string of the molecule is C[C@H](CO)Nc1nc(SCc2cccc(Cl)c2)nc(CS(=O)(=O)O)c1NS(C)(=O)=O. The van der Waals surface area contributed by atoms with E-state index in [9.17, 15) is 26.5 Å². The third-order valence-electron chi connectivity index (χ3n) is 3.48. The van der Waals surface area contributed by atoms with Gasteiger partial charge in [0.15, 0.2) is 11.0 Å². The van der Waals surface area contributed by atoms with Gasteiger partial charge in [0.25, 0.3) is 10.1 Å². The third-order valence-corrected chi connectivity index (χ3v) is 5.85. The molecule has 0 spiro atoms. The first-order valence-electron chi connectivity index (χ1n) is 8.45. The number of rotatable bonds is 10. The number of thioether (sulfide) groups is 1. The first kappa shape index (κ1) is 24.6. The summed E-state index contributed by atoms with van der Waals surface area (Å²) in [7, 11) is -8.35. The third kappa shape index (κ3) is 8.24. The van der Waals surface area contributed by atoms with Gasteiger partial charge < -0.3 is 10.4 Å². The summed E-state index contributed by atoms with van der Waals surface area (Å²) in [4.78, 5) is 8.39. The Kier molecular flexibility index (Phi) is 8.30. The van der Waals surface area contributed by atoms with Gasteiger partial charge in [0.05, 0.1) is 18.6 Å². The molecular weight excluding hydrogens is 476 g/mol. The Morgan fingerprint density at radius 2 is 1.93 bits per heavy atom. The predicted octanol–water partition coefficient (Wildman–Crippen LogP) is 1.97. The molecule has 2 rings (SSSR count). The monoisotopic (exact) mass is 496 g/mol. The Morgan fingerprint density at radius 3 is 2.50 bits per heavy atom. The minimum Gasteiger partial charge on any atom is -0.394 e. The van der Waals surface area contributed by atoms with E-state index in [1.807, 2.05) is 6.07 Å². The minimum absolute atomic E-state index is 0.0239. The van der Waals surface area contributed by atoms with Crippen LogP contribution in [0.2, 0.25) is 5.02 Å². The van der Waals surface area contributed by atoms with Crippen LogP contribution in [0.25, 0.3) is 0 Å². The van der Waals surface area contributed by atoms with Crippen LogP contribution in [0.15, 0.2) is 29.4 Å². The lowest BCUT2D eigenvalue weighted by Crippen LogP contribution is -2.24. The van der Waals surface area contributed by atoms with Crippen LogP contribution in [0.3, 0.4) is 0 Å². The molecule has 10 nitrogen and oxygen atoms in total. The highest BCUT2D eigenvalue weighted by molar-refractivity contribution is 7.98. The van der Waals surface area contributed by atoms with Gasteiger partial charge in [-0.2, -0.15) is 8.42 Å². The van der Waals surface area contributed by atoms with Gasteiger partial charge in [-0.15, -0.1) is 0 Å². The smallest absolute Gasteiger partial charge is 0.270 e. The largest absolute Gasteiger partial charge is 0.394 e. The van der Waals surface area contributed by atoms with E-state index in [4.69, 9.17) is 11.6 Å². The molecule has 1 aromatic heterocycles. The highest BCUT2D eigenvalue weighted by Crippen LogP contribution is 2.31. The summed E-state index contributed by atoms with van der Waals surface area (Å²) in [5.41, 5.74) is 0.408. The van der Waals surface area contributed by atoms with Crippen molar-refractivity contribution in [2.75, 3.05) is 22.9 Å². The summed E-state index contributed by atoms with van der Waals surface area (Å²) in [5.74, 6) is -0.552. The Labute approximate surface area is 184 Å². The molecule has 0 saturated heterocycles. The van der Waals surface area contributed by atoms with Crippen LogP contribution in [0, 0.1) is 0 Å². The van der Waals surface area contributed by atoms with Gasteiger partial charge in [-0.3, -0.25) is 9.27 Å². The van der Waals surface area contributed by atoms with Crippen LogP contribution in [0.1, 0.15) is 18.2 Å². The average molecular weight is 497 g/mol. The standard InChI is InChI=1S/C16H21ClN4O6S3/c1-10(7-22)18-15-14(21-29(2,23)24)13(9-30(25,26)27)19-16(20-15)28-8-11-4-3-5-12(17)6-11/h3-6,10,21-22H,7-9H2,1-2H3,(H,18,19,20)(H,25,26,27)/t10-/m1/s1. The first-order valence-corrected chi connectivity index (χ1v) is 13.3. The number of aliphatic hydroxyl groups excluding tert-OH is 1. The number of aromatic nitrogens is 2. The van der Waals surface area contributed by atoms with Gasteiger partial charge in [-0.1, -0.05) is 35.5 Å². The second-order valence-electron chi connectivity index (χ2n) is 6.42. The zero-order valence-electron chi connectivity index (χ0n) is 16.0. The Bertz CT molecular complexity index is 1110. The molecule has 1 atom stereocenters. The number of nitrogens with one attached hydrogen (secondary N) is 2. The van der Waals surface area contributed by atoms with Crippen molar-refractivity contribution >= 4 is 55.0 Å². The van der Waals surface area contributed by atoms with E-state index < -0.39 is 31.9 Å². The maximum absolute atomic E-state index is 11.8. The molecule has 0 saturated carbocycles. The number of aliphatic hydroxyl groups is 1. The van der Waals surface area contributed by atoms with Crippen LogP contribution in [0.5, 0.6) is 0 Å². The van der Waals surface area contributed by atoms with Crippen LogP contribution < -0.4 is 10.0 Å². The van der Waals surface area contributed by atoms with Gasteiger partial charge in [0, 0.05) is 16.8 Å². The number of benzene rings is 1. The maximum atomic E-state index is 11.8. The highest BCUT2D eigenvalue weighted by Gasteiger charge is 2.22. The summed E-state index contributed by atoms with van der Waals surface area (Å²) in [6.45, 7) is 1.33. The summed E-state index contributed by atoms with van der Waals surface area (Å²) in [5, 5.41) is 12.8. The van der Waals surface area contributed by atoms with E-state index in [1.165, 1.54) is 0 Å². The molecule has 0 aliphatic heterocycles. The topological polar surface area (TPSA) is 159 Å². The quantitative estimate of drug-likeness (QED) is 0.217. The lowest BCUT2D eigenvalue weighted by atomic mass is 10.2. The van der Waals surface area contributed by atoms with Gasteiger partial charge in [-0.25, -0.2) is 18.4 Å². The van der Waals surface area contributed by atoms with Gasteiger partial charge in [0.1, 0.15) is 11.4 Å². The van der Waals surface area contributed by atoms with Crippen molar-refractivity contribution in [2.24, 2.45) is 0 Å². The van der Waals surface area contributed by atoms with E-state index in [2.05, 4.69) is 20.0 Å². The van der Waals surface area contributed by atoms with Crippen molar-refractivity contribution in [3.63, 3.8) is 0 Å². The zero-order valence-corrected chi connectivity index (χ0v) is 19.2. The number of hydrogen-bond acceptors (Lipinski definition) is 9. The fourth-order valence-electron chi connectivity index (χ4n) is 2.28. The van der Waals surface area contributed by atoms with Gasteiger partial charge in [0.2, 0.25) is 10.0 Å². The van der Waals surface area contributed by atoms with E-state index in [0.29, 0.717) is 10.8 Å². The van der Waals surface area contributed by atoms with E-state index in [1.54, 1.807) is 25.1 Å². The number of halogens is 1. The Morgan fingerprint density at radius 1 is 1.23 bits per heavy atom. The number of hydrogen-bond donors (Lipinski definition) is 4. The van der Waals surface area contributed by atoms with Gasteiger partial charge in [-0.05, 0) is 24.6 Å². The second kappa shape index (κ2) is 10.1. The molecule has 0 unspecified atom stereocenters. The van der Waals surface area contributed by atoms with Crippen molar-refractivity contribution < 1.29 is 26.5 Å². The molecule has 1 heterocycles. The van der Waals surface area contributed by atoms with Crippen molar-refractivity contribution in [3.8, 4) is 0 Å². The second-order valence-corrected chi connectivity index (χ2v) is 11.0. The number of sulfonamides is 1. The molecular formula is C16H21ClN4O6S3.